The third-order valence-corrected chi connectivity index (χ3v) is 5.13. The smallest absolute Gasteiger partial charge is 0.410 e. The second kappa shape index (κ2) is 8.43. The molecule has 1 fully saturated rings. The van der Waals surface area contributed by atoms with E-state index in [0.29, 0.717) is 30.6 Å². The number of amides is 1. The van der Waals surface area contributed by atoms with Crippen molar-refractivity contribution >= 4 is 17.1 Å². The summed E-state index contributed by atoms with van der Waals surface area (Å²) in [5.41, 5.74) is 0.288. The van der Waals surface area contributed by atoms with E-state index >= 15 is 0 Å². The summed E-state index contributed by atoms with van der Waals surface area (Å²) < 4.78 is 16.4. The van der Waals surface area contributed by atoms with E-state index in [1.807, 2.05) is 32.9 Å². The molecule has 4 heterocycles. The van der Waals surface area contributed by atoms with E-state index in [4.69, 9.17) is 13.7 Å². The summed E-state index contributed by atoms with van der Waals surface area (Å²) in [5, 5.41) is 8.44. The number of hydrogen-bond acceptors (Lipinski definition) is 8. The topological polar surface area (TPSA) is 107 Å². The summed E-state index contributed by atoms with van der Waals surface area (Å²) in [6.45, 7) is 7.76. The van der Waals surface area contributed by atoms with E-state index in [-0.39, 0.29) is 12.1 Å². The zero-order valence-electron chi connectivity index (χ0n) is 17.5. The Morgan fingerprint density at radius 2 is 2.17 bits per heavy atom. The first-order chi connectivity index (χ1) is 14.4. The van der Waals surface area contributed by atoms with Gasteiger partial charge in [0.15, 0.2) is 5.82 Å². The summed E-state index contributed by atoms with van der Waals surface area (Å²) in [6, 6.07) is 3.46. The van der Waals surface area contributed by atoms with Crippen molar-refractivity contribution in [1.29, 1.82) is 0 Å². The van der Waals surface area contributed by atoms with Crippen LogP contribution in [0.4, 0.5) is 4.79 Å². The Kier molecular flexibility index (Phi) is 5.72. The van der Waals surface area contributed by atoms with E-state index in [1.54, 1.807) is 17.3 Å². The molecule has 0 bridgehead atoms. The average Bonchev–Trinajstić information content (AvgIpc) is 3.37. The van der Waals surface area contributed by atoms with E-state index in [1.165, 1.54) is 6.39 Å². The number of hydrogen-bond donors (Lipinski definition) is 1. The second-order valence-electron chi connectivity index (χ2n) is 8.60. The first-order valence-electron chi connectivity index (χ1n) is 10.2. The van der Waals surface area contributed by atoms with Crippen LogP contribution >= 0.6 is 0 Å². The number of nitrogens with one attached hydrogen (secondary N) is 1. The molecule has 9 nitrogen and oxygen atoms in total. The van der Waals surface area contributed by atoms with Crippen LogP contribution in [0.25, 0.3) is 11.0 Å². The lowest BCUT2D eigenvalue weighted by molar-refractivity contribution is 0.0183. The van der Waals surface area contributed by atoms with Crippen molar-refractivity contribution in [2.75, 3.05) is 19.6 Å². The molecule has 4 rings (SSSR count). The van der Waals surface area contributed by atoms with Crippen molar-refractivity contribution in [3.63, 3.8) is 0 Å². The predicted octanol–water partition coefficient (Wildman–Crippen LogP) is 3.54. The third-order valence-electron chi connectivity index (χ3n) is 5.13. The number of carbonyl (C=O) groups is 1. The van der Waals surface area contributed by atoms with Gasteiger partial charge in [0, 0.05) is 30.9 Å². The van der Waals surface area contributed by atoms with Crippen LogP contribution in [-0.2, 0) is 4.74 Å². The highest BCUT2D eigenvalue weighted by molar-refractivity contribution is 5.76. The van der Waals surface area contributed by atoms with Gasteiger partial charge in [0.2, 0.25) is 6.39 Å². The summed E-state index contributed by atoms with van der Waals surface area (Å²) in [4.78, 5) is 22.4. The highest BCUT2D eigenvalue weighted by Crippen LogP contribution is 2.27. The fraction of sp³-hybridized carbons (Fsp3) is 0.524. The third kappa shape index (κ3) is 4.79. The van der Waals surface area contributed by atoms with Crippen molar-refractivity contribution < 1.29 is 18.5 Å². The van der Waals surface area contributed by atoms with Crippen LogP contribution in [0.2, 0.25) is 0 Å². The standard InChI is InChI=1S/C21H27N5O4/c1-21(2,3)30-20(27)26-8-5-14(6-9-26)11-23-18(19-24-13-28-25-19)17-10-15-12-22-7-4-16(15)29-17/h4,7,10,12-14,18,23H,5-6,8-9,11H2,1-3H3. The van der Waals surface area contributed by atoms with Crippen LogP contribution in [-0.4, -0.2) is 51.4 Å². The first-order valence-corrected chi connectivity index (χ1v) is 10.2. The Bertz CT molecular complexity index is 938. The minimum atomic E-state index is -0.477. The van der Waals surface area contributed by atoms with Gasteiger partial charge in [-0.3, -0.25) is 4.98 Å². The van der Waals surface area contributed by atoms with Gasteiger partial charge in [-0.1, -0.05) is 5.16 Å². The first kappa shape index (κ1) is 20.3. The van der Waals surface area contributed by atoms with Crippen LogP contribution < -0.4 is 5.32 Å². The van der Waals surface area contributed by atoms with Gasteiger partial charge in [-0.15, -0.1) is 0 Å². The molecule has 0 spiro atoms. The maximum Gasteiger partial charge on any atom is 0.410 e. The predicted molar refractivity (Wildman–Crippen MR) is 109 cm³/mol. The van der Waals surface area contributed by atoms with E-state index in [0.717, 1.165) is 30.4 Å². The fourth-order valence-corrected chi connectivity index (χ4v) is 3.60. The number of aromatic nitrogens is 3. The van der Waals surface area contributed by atoms with Crippen LogP contribution in [0.1, 0.15) is 51.2 Å². The molecule has 1 amide bonds. The van der Waals surface area contributed by atoms with Crippen molar-refractivity contribution in [3.05, 3.63) is 42.5 Å². The van der Waals surface area contributed by atoms with Crippen molar-refractivity contribution in [3.8, 4) is 0 Å². The lowest BCUT2D eigenvalue weighted by Gasteiger charge is -2.33. The highest BCUT2D eigenvalue weighted by atomic mass is 16.6. The van der Waals surface area contributed by atoms with Gasteiger partial charge >= 0.3 is 6.09 Å². The molecule has 0 aliphatic carbocycles. The van der Waals surface area contributed by atoms with Crippen LogP contribution in [0, 0.1) is 5.92 Å². The number of fused-ring (bicyclic) bond motifs is 1. The largest absolute Gasteiger partial charge is 0.459 e. The minimum Gasteiger partial charge on any atom is -0.459 e. The van der Waals surface area contributed by atoms with Gasteiger partial charge in [-0.05, 0) is 58.2 Å². The highest BCUT2D eigenvalue weighted by Gasteiger charge is 2.28. The minimum absolute atomic E-state index is 0.241. The number of carbonyl (C=O) groups excluding carboxylic acids is 1. The number of likely N-dealkylation sites (tertiary alicyclic amines) is 1. The number of nitrogens with zero attached hydrogens (tertiary/aromatic N) is 4. The number of pyridine rings is 1. The number of piperidine rings is 1. The molecule has 1 aliphatic heterocycles. The molecule has 0 saturated carbocycles. The summed E-state index contributed by atoms with van der Waals surface area (Å²) in [5.74, 6) is 1.66. The number of furan rings is 1. The van der Waals surface area contributed by atoms with Gasteiger partial charge in [0.25, 0.3) is 0 Å². The van der Waals surface area contributed by atoms with Crippen LogP contribution in [0.5, 0.6) is 0 Å². The summed E-state index contributed by atoms with van der Waals surface area (Å²) in [6.07, 6.45) is 6.33. The van der Waals surface area contributed by atoms with Gasteiger partial charge in [0.05, 0.1) is 0 Å². The maximum absolute atomic E-state index is 12.3. The number of ether oxygens (including phenoxy) is 1. The monoisotopic (exact) mass is 413 g/mol. The average molecular weight is 413 g/mol. The molecule has 3 aromatic rings. The number of rotatable bonds is 5. The van der Waals surface area contributed by atoms with Gasteiger partial charge in [0.1, 0.15) is 23.0 Å². The zero-order valence-corrected chi connectivity index (χ0v) is 17.5. The Morgan fingerprint density at radius 1 is 1.37 bits per heavy atom. The van der Waals surface area contributed by atoms with Crippen molar-refractivity contribution in [2.24, 2.45) is 5.92 Å². The molecule has 0 radical (unpaired) electrons. The van der Waals surface area contributed by atoms with Crippen molar-refractivity contribution in [1.82, 2.24) is 25.3 Å². The quantitative estimate of drug-likeness (QED) is 0.677. The molecule has 1 atom stereocenters. The van der Waals surface area contributed by atoms with Gasteiger partial charge < -0.3 is 23.9 Å². The Morgan fingerprint density at radius 3 is 2.83 bits per heavy atom. The second-order valence-corrected chi connectivity index (χ2v) is 8.60. The van der Waals surface area contributed by atoms with E-state index in [9.17, 15) is 4.79 Å². The Hall–Kier alpha value is -2.94. The maximum atomic E-state index is 12.3. The molecule has 1 N–H and O–H groups in total. The zero-order chi connectivity index (χ0) is 21.1. The lowest BCUT2D eigenvalue weighted by atomic mass is 9.96. The fourth-order valence-electron chi connectivity index (χ4n) is 3.60. The summed E-state index contributed by atoms with van der Waals surface area (Å²) >= 11 is 0. The molecule has 0 aromatic carbocycles. The molecular weight excluding hydrogens is 386 g/mol. The Labute approximate surface area is 174 Å². The molecule has 3 aromatic heterocycles. The lowest BCUT2D eigenvalue weighted by Crippen LogP contribution is -2.43. The molecule has 30 heavy (non-hydrogen) atoms. The molecule has 160 valence electrons. The van der Waals surface area contributed by atoms with E-state index in [2.05, 4.69) is 20.4 Å². The van der Waals surface area contributed by atoms with Crippen molar-refractivity contribution in [2.45, 2.75) is 45.3 Å². The SMILES string of the molecule is CC(C)(C)OC(=O)N1CCC(CNC(c2ncon2)c2cc3cnccc3o2)CC1. The molecule has 1 unspecified atom stereocenters. The Balaban J connectivity index is 1.38. The summed E-state index contributed by atoms with van der Waals surface area (Å²) in [7, 11) is 0. The molecule has 1 aliphatic rings. The molecular formula is C21H27N5O4. The van der Waals surface area contributed by atoms with Gasteiger partial charge in [-0.2, -0.15) is 4.98 Å². The van der Waals surface area contributed by atoms with Crippen LogP contribution in [0.3, 0.4) is 0 Å². The molecule has 1 saturated heterocycles. The van der Waals surface area contributed by atoms with E-state index < -0.39 is 5.60 Å². The van der Waals surface area contributed by atoms with Crippen LogP contribution in [0.15, 0.2) is 39.9 Å². The van der Waals surface area contributed by atoms with Gasteiger partial charge in [-0.25, -0.2) is 4.79 Å². The molecule has 9 heteroatoms. The normalized spacial score (nSPS) is 16.7.